The number of amides is 1. The maximum Gasteiger partial charge on any atom is 0.234 e. The molecule has 18 heavy (non-hydrogen) atoms. The summed E-state index contributed by atoms with van der Waals surface area (Å²) in [6.45, 7) is 1.28. The van der Waals surface area contributed by atoms with Crippen molar-refractivity contribution in [3.63, 3.8) is 0 Å². The maximum absolute atomic E-state index is 11.3. The number of carbonyl (C=O) groups is 1. The molecule has 1 heterocycles. The highest BCUT2D eigenvalue weighted by Crippen LogP contribution is 2.31. The molecule has 0 saturated heterocycles. The lowest BCUT2D eigenvalue weighted by Gasteiger charge is -2.18. The Morgan fingerprint density at radius 2 is 2.39 bits per heavy atom. The molecule has 94 valence electrons. The number of nitriles is 1. The summed E-state index contributed by atoms with van der Waals surface area (Å²) in [7, 11) is 1.93. The molecule has 0 fully saturated rings. The van der Waals surface area contributed by atoms with E-state index in [0.717, 1.165) is 23.5 Å². The number of nitrogens with zero attached hydrogens (tertiary/aromatic N) is 2. The van der Waals surface area contributed by atoms with Crippen LogP contribution in [-0.2, 0) is 11.2 Å². The van der Waals surface area contributed by atoms with Crippen LogP contribution in [0.2, 0.25) is 0 Å². The van der Waals surface area contributed by atoms with Crippen LogP contribution in [0.4, 0.5) is 5.69 Å². The molecule has 2 rings (SSSR count). The fourth-order valence-corrected chi connectivity index (χ4v) is 2.59. The van der Waals surface area contributed by atoms with E-state index < -0.39 is 0 Å². The first kappa shape index (κ1) is 12.9. The van der Waals surface area contributed by atoms with Gasteiger partial charge in [-0.2, -0.15) is 5.26 Å². The Hall–Kier alpha value is -1.51. The van der Waals surface area contributed by atoms with Crippen molar-refractivity contribution < 1.29 is 4.79 Å². The van der Waals surface area contributed by atoms with Crippen molar-refractivity contribution in [3.05, 3.63) is 23.8 Å². The highest BCUT2D eigenvalue weighted by atomic mass is 32.2. The molecule has 1 aromatic rings. The second kappa shape index (κ2) is 5.89. The fourth-order valence-electron chi connectivity index (χ4n) is 1.81. The Balaban J connectivity index is 2.00. The molecule has 0 bridgehead atoms. The van der Waals surface area contributed by atoms with Gasteiger partial charge in [0, 0.05) is 11.4 Å². The monoisotopic (exact) mass is 261 g/mol. The molecule has 0 unspecified atom stereocenters. The van der Waals surface area contributed by atoms with Gasteiger partial charge in [-0.3, -0.25) is 9.69 Å². The molecule has 0 saturated carbocycles. The highest BCUT2D eigenvalue weighted by molar-refractivity contribution is 8.00. The summed E-state index contributed by atoms with van der Waals surface area (Å²) in [6, 6.07) is 8.29. The lowest BCUT2D eigenvalue weighted by molar-refractivity contribution is -0.113. The lowest BCUT2D eigenvalue weighted by Crippen LogP contribution is -2.22. The van der Waals surface area contributed by atoms with E-state index >= 15 is 0 Å². The minimum Gasteiger partial charge on any atom is -0.324 e. The van der Waals surface area contributed by atoms with Crippen LogP contribution in [0.25, 0.3) is 0 Å². The summed E-state index contributed by atoms with van der Waals surface area (Å²) in [6.07, 6.45) is 0.881. The third-order valence-corrected chi connectivity index (χ3v) is 3.87. The van der Waals surface area contributed by atoms with Gasteiger partial charge in [0.15, 0.2) is 0 Å². The van der Waals surface area contributed by atoms with E-state index in [2.05, 4.69) is 23.5 Å². The number of anilines is 1. The minimum atomic E-state index is 0.0613. The van der Waals surface area contributed by atoms with Crippen molar-refractivity contribution in [1.82, 2.24) is 4.90 Å². The van der Waals surface area contributed by atoms with Crippen LogP contribution >= 0.6 is 11.8 Å². The zero-order valence-corrected chi connectivity index (χ0v) is 11.1. The van der Waals surface area contributed by atoms with Gasteiger partial charge in [0.2, 0.25) is 5.91 Å². The molecule has 5 heteroatoms. The van der Waals surface area contributed by atoms with E-state index in [1.807, 2.05) is 18.0 Å². The molecule has 0 spiro atoms. The Labute approximate surface area is 111 Å². The van der Waals surface area contributed by atoms with E-state index in [-0.39, 0.29) is 5.91 Å². The Bertz CT molecular complexity index is 495. The van der Waals surface area contributed by atoms with Gasteiger partial charge >= 0.3 is 0 Å². The average Bonchev–Trinajstić information content (AvgIpc) is 2.36. The van der Waals surface area contributed by atoms with Crippen molar-refractivity contribution in [1.29, 1.82) is 5.26 Å². The number of hydrogen-bond acceptors (Lipinski definition) is 4. The van der Waals surface area contributed by atoms with Crippen molar-refractivity contribution in [2.24, 2.45) is 0 Å². The number of fused-ring (bicyclic) bond motifs is 1. The number of carbonyl (C=O) groups excluding carboxylic acids is 1. The maximum atomic E-state index is 11.3. The van der Waals surface area contributed by atoms with Gasteiger partial charge in [-0.05, 0) is 31.2 Å². The second-order valence-corrected chi connectivity index (χ2v) is 5.33. The number of thioether (sulfide) groups is 1. The van der Waals surface area contributed by atoms with E-state index in [0.29, 0.717) is 12.3 Å². The average molecular weight is 261 g/mol. The normalized spacial score (nSPS) is 13.9. The van der Waals surface area contributed by atoms with Crippen molar-refractivity contribution in [3.8, 4) is 6.07 Å². The van der Waals surface area contributed by atoms with Gasteiger partial charge < -0.3 is 5.32 Å². The summed E-state index contributed by atoms with van der Waals surface area (Å²) in [4.78, 5) is 14.4. The number of hydrogen-bond donors (Lipinski definition) is 1. The van der Waals surface area contributed by atoms with Gasteiger partial charge in [0.05, 0.1) is 24.1 Å². The molecule has 1 N–H and O–H groups in total. The van der Waals surface area contributed by atoms with Crippen LogP contribution in [0.3, 0.4) is 0 Å². The highest BCUT2D eigenvalue weighted by Gasteiger charge is 2.15. The SMILES string of the molecule is CN(CC#N)CCc1ccc2c(c1)NC(=O)CS2. The molecule has 1 aliphatic rings. The molecular formula is C13H15N3OS. The van der Waals surface area contributed by atoms with E-state index in [1.165, 1.54) is 5.56 Å². The zero-order valence-electron chi connectivity index (χ0n) is 10.3. The van der Waals surface area contributed by atoms with Crippen molar-refractivity contribution in [2.75, 3.05) is 31.2 Å². The fraction of sp³-hybridized carbons (Fsp3) is 0.385. The molecule has 0 aromatic heterocycles. The first-order valence-electron chi connectivity index (χ1n) is 5.80. The number of rotatable bonds is 4. The summed E-state index contributed by atoms with van der Waals surface area (Å²) in [5.74, 6) is 0.559. The second-order valence-electron chi connectivity index (χ2n) is 4.31. The molecule has 0 atom stereocenters. The van der Waals surface area contributed by atoms with E-state index in [1.54, 1.807) is 11.8 Å². The summed E-state index contributed by atoms with van der Waals surface area (Å²) < 4.78 is 0. The van der Waals surface area contributed by atoms with Gasteiger partial charge in [0.1, 0.15) is 0 Å². The molecule has 1 aromatic carbocycles. The summed E-state index contributed by atoms with van der Waals surface area (Å²) in [5, 5.41) is 11.5. The van der Waals surface area contributed by atoms with Crippen molar-refractivity contribution in [2.45, 2.75) is 11.3 Å². The number of nitrogens with one attached hydrogen (secondary N) is 1. The summed E-state index contributed by atoms with van der Waals surface area (Å²) >= 11 is 1.57. The first-order valence-corrected chi connectivity index (χ1v) is 6.78. The van der Waals surface area contributed by atoms with Gasteiger partial charge in [0.25, 0.3) is 0 Å². The Morgan fingerprint density at radius 1 is 1.56 bits per heavy atom. The van der Waals surface area contributed by atoms with Crippen LogP contribution in [0, 0.1) is 11.3 Å². The lowest BCUT2D eigenvalue weighted by atomic mass is 10.1. The minimum absolute atomic E-state index is 0.0613. The van der Waals surface area contributed by atoms with Crippen LogP contribution in [0.15, 0.2) is 23.1 Å². The van der Waals surface area contributed by atoms with Gasteiger partial charge in [-0.25, -0.2) is 0 Å². The Morgan fingerprint density at radius 3 is 3.17 bits per heavy atom. The standard InChI is InChI=1S/C13H15N3OS/c1-16(7-5-14)6-4-10-2-3-12-11(8-10)15-13(17)9-18-12/h2-3,8H,4,6-7,9H2,1H3,(H,15,17). The number of likely N-dealkylation sites (N-methyl/N-ethyl adjacent to an activating group) is 1. The zero-order chi connectivity index (χ0) is 13.0. The predicted octanol–water partition coefficient (Wildman–Crippen LogP) is 1.73. The van der Waals surface area contributed by atoms with Crippen LogP contribution in [0.5, 0.6) is 0 Å². The smallest absolute Gasteiger partial charge is 0.234 e. The quantitative estimate of drug-likeness (QED) is 0.839. The number of benzene rings is 1. The van der Waals surface area contributed by atoms with E-state index in [4.69, 9.17) is 5.26 Å². The predicted molar refractivity (Wildman–Crippen MR) is 72.6 cm³/mol. The van der Waals surface area contributed by atoms with E-state index in [9.17, 15) is 4.79 Å². The molecular weight excluding hydrogens is 246 g/mol. The van der Waals surface area contributed by atoms with Gasteiger partial charge in [-0.15, -0.1) is 11.8 Å². The molecule has 0 aliphatic carbocycles. The summed E-state index contributed by atoms with van der Waals surface area (Å²) in [5.41, 5.74) is 2.10. The largest absolute Gasteiger partial charge is 0.324 e. The van der Waals surface area contributed by atoms with Crippen molar-refractivity contribution >= 4 is 23.4 Å². The third kappa shape index (κ3) is 3.25. The first-order chi connectivity index (χ1) is 8.69. The third-order valence-electron chi connectivity index (χ3n) is 2.80. The molecule has 1 amide bonds. The van der Waals surface area contributed by atoms with Crippen LogP contribution < -0.4 is 5.32 Å². The Kier molecular flexibility index (Phi) is 4.24. The topological polar surface area (TPSA) is 56.1 Å². The van der Waals surface area contributed by atoms with Crippen LogP contribution in [-0.4, -0.2) is 36.7 Å². The van der Waals surface area contributed by atoms with Gasteiger partial charge in [-0.1, -0.05) is 6.07 Å². The molecule has 0 radical (unpaired) electrons. The molecule has 1 aliphatic heterocycles. The molecule has 4 nitrogen and oxygen atoms in total. The van der Waals surface area contributed by atoms with Crippen LogP contribution in [0.1, 0.15) is 5.56 Å².